The molecule has 150 valence electrons. The van der Waals surface area contributed by atoms with Gasteiger partial charge < -0.3 is 14.8 Å². The second-order valence-corrected chi connectivity index (χ2v) is 6.50. The van der Waals surface area contributed by atoms with Crippen LogP contribution in [-0.2, 0) is 14.3 Å². The van der Waals surface area contributed by atoms with Gasteiger partial charge in [0.2, 0.25) is 5.91 Å². The van der Waals surface area contributed by atoms with Crippen molar-refractivity contribution in [2.24, 2.45) is 0 Å². The van der Waals surface area contributed by atoms with E-state index in [-0.39, 0.29) is 31.4 Å². The lowest BCUT2D eigenvalue weighted by Gasteiger charge is -2.14. The molecule has 0 fully saturated rings. The maximum absolute atomic E-state index is 12.4. The Hall–Kier alpha value is -3.68. The van der Waals surface area contributed by atoms with Crippen LogP contribution in [-0.4, -0.2) is 48.9 Å². The van der Waals surface area contributed by atoms with Crippen molar-refractivity contribution in [1.29, 1.82) is 0 Å². The highest BCUT2D eigenvalue weighted by Crippen LogP contribution is 2.24. The Kier molecular flexibility index (Phi) is 5.92. The third kappa shape index (κ3) is 4.60. The first-order valence-corrected chi connectivity index (χ1v) is 8.95. The van der Waals surface area contributed by atoms with Gasteiger partial charge in [-0.1, -0.05) is 17.7 Å². The number of nitrogens with one attached hydrogen (secondary N) is 1. The number of aryl methyl sites for hydroxylation is 1. The Morgan fingerprint density at radius 3 is 2.55 bits per heavy atom. The summed E-state index contributed by atoms with van der Waals surface area (Å²) < 4.78 is 9.77. The van der Waals surface area contributed by atoms with E-state index >= 15 is 0 Å². The molecule has 3 rings (SSSR count). The molecule has 1 aliphatic rings. The van der Waals surface area contributed by atoms with E-state index in [2.05, 4.69) is 10.1 Å². The van der Waals surface area contributed by atoms with Crippen LogP contribution < -0.4 is 10.1 Å². The molecule has 1 N–H and O–H groups in total. The first kappa shape index (κ1) is 20.1. The van der Waals surface area contributed by atoms with Crippen molar-refractivity contribution in [1.82, 2.24) is 4.90 Å². The van der Waals surface area contributed by atoms with Gasteiger partial charge in [0, 0.05) is 24.7 Å². The molecule has 8 nitrogen and oxygen atoms in total. The van der Waals surface area contributed by atoms with Crippen molar-refractivity contribution in [2.45, 2.75) is 13.3 Å². The summed E-state index contributed by atoms with van der Waals surface area (Å²) >= 11 is 0. The normalized spacial score (nSPS) is 12.6. The average molecular weight is 396 g/mol. The van der Waals surface area contributed by atoms with Crippen molar-refractivity contribution in [3.8, 4) is 5.75 Å². The van der Waals surface area contributed by atoms with Gasteiger partial charge in [-0.3, -0.25) is 19.3 Å². The zero-order chi connectivity index (χ0) is 21.0. The Balaban J connectivity index is 1.56. The molecule has 0 atom stereocenters. The van der Waals surface area contributed by atoms with Crippen LogP contribution in [0.1, 0.15) is 32.7 Å². The van der Waals surface area contributed by atoms with E-state index in [9.17, 15) is 19.2 Å². The van der Waals surface area contributed by atoms with E-state index in [1.165, 1.54) is 7.11 Å². The lowest BCUT2D eigenvalue weighted by atomic mass is 10.1. The van der Waals surface area contributed by atoms with Gasteiger partial charge >= 0.3 is 5.97 Å². The standard InChI is InChI=1S/C21H20N2O6/c1-13-6-7-16-17(10-13)21(27)23(20(16)26)9-8-18(24)22-14-4-3-5-15(11-14)29-12-19(25)28-2/h3-7,10-11H,8-9,12H2,1-2H3,(H,22,24). The molecule has 1 aliphatic heterocycles. The second-order valence-electron chi connectivity index (χ2n) is 6.50. The number of nitrogens with zero attached hydrogens (tertiary/aromatic N) is 1. The Bertz CT molecular complexity index is 985. The van der Waals surface area contributed by atoms with Crippen LogP contribution in [0.15, 0.2) is 42.5 Å². The van der Waals surface area contributed by atoms with E-state index < -0.39 is 11.9 Å². The second kappa shape index (κ2) is 8.55. The van der Waals surface area contributed by atoms with Crippen LogP contribution in [0.2, 0.25) is 0 Å². The number of ether oxygens (including phenoxy) is 2. The molecule has 1 heterocycles. The number of hydrogen-bond acceptors (Lipinski definition) is 6. The summed E-state index contributed by atoms with van der Waals surface area (Å²) in [6.45, 7) is 1.58. The van der Waals surface area contributed by atoms with Gasteiger partial charge in [0.25, 0.3) is 11.8 Å². The van der Waals surface area contributed by atoms with Crippen LogP contribution in [0.4, 0.5) is 5.69 Å². The Morgan fingerprint density at radius 2 is 1.79 bits per heavy atom. The summed E-state index contributed by atoms with van der Waals surface area (Å²) in [5.74, 6) is -1.27. The summed E-state index contributed by atoms with van der Waals surface area (Å²) in [5.41, 5.74) is 2.08. The average Bonchev–Trinajstić information content (AvgIpc) is 2.94. The van der Waals surface area contributed by atoms with Crippen LogP contribution in [0, 0.1) is 6.92 Å². The number of anilines is 1. The molecule has 0 radical (unpaired) electrons. The monoisotopic (exact) mass is 396 g/mol. The van der Waals surface area contributed by atoms with Crippen LogP contribution in [0.3, 0.4) is 0 Å². The summed E-state index contributed by atoms with van der Waals surface area (Å²) in [6, 6.07) is 11.6. The predicted molar refractivity (Wildman–Crippen MR) is 104 cm³/mol. The fourth-order valence-corrected chi connectivity index (χ4v) is 2.91. The lowest BCUT2D eigenvalue weighted by Crippen LogP contribution is -2.32. The number of methoxy groups -OCH3 is 1. The zero-order valence-electron chi connectivity index (χ0n) is 16.1. The maximum Gasteiger partial charge on any atom is 0.343 e. The van der Waals surface area contributed by atoms with Gasteiger partial charge in [0.05, 0.1) is 18.2 Å². The SMILES string of the molecule is COC(=O)COc1cccc(NC(=O)CCN2C(=O)c3ccc(C)cc3C2=O)c1. The van der Waals surface area contributed by atoms with Crippen LogP contribution >= 0.6 is 0 Å². The first-order chi connectivity index (χ1) is 13.9. The summed E-state index contributed by atoms with van der Waals surface area (Å²) in [5, 5.41) is 2.68. The number of imide groups is 1. The molecule has 8 heteroatoms. The molecular formula is C21H20N2O6. The molecule has 0 unspecified atom stereocenters. The van der Waals surface area contributed by atoms with Gasteiger partial charge in [-0.2, -0.15) is 0 Å². The van der Waals surface area contributed by atoms with E-state index in [1.807, 2.05) is 6.92 Å². The third-order valence-electron chi connectivity index (χ3n) is 4.39. The van der Waals surface area contributed by atoms with Gasteiger partial charge in [0.1, 0.15) is 5.75 Å². The molecule has 0 bridgehead atoms. The molecule has 0 spiro atoms. The minimum Gasteiger partial charge on any atom is -0.482 e. The number of amides is 3. The lowest BCUT2D eigenvalue weighted by molar-refractivity contribution is -0.142. The predicted octanol–water partition coefficient (Wildman–Crippen LogP) is 2.17. The highest BCUT2D eigenvalue weighted by molar-refractivity contribution is 6.21. The van der Waals surface area contributed by atoms with Gasteiger partial charge in [-0.15, -0.1) is 0 Å². The highest BCUT2D eigenvalue weighted by atomic mass is 16.6. The molecule has 0 aliphatic carbocycles. The quantitative estimate of drug-likeness (QED) is 0.568. The van der Waals surface area contributed by atoms with Crippen molar-refractivity contribution in [3.05, 3.63) is 59.2 Å². The largest absolute Gasteiger partial charge is 0.482 e. The topological polar surface area (TPSA) is 102 Å². The zero-order valence-corrected chi connectivity index (χ0v) is 16.1. The van der Waals surface area contributed by atoms with E-state index in [0.29, 0.717) is 22.6 Å². The minimum absolute atomic E-state index is 0.0181. The van der Waals surface area contributed by atoms with Gasteiger partial charge in [0.15, 0.2) is 6.61 Å². The Labute approximate surface area is 167 Å². The maximum atomic E-state index is 12.4. The van der Waals surface area contributed by atoms with Crippen molar-refractivity contribution in [3.63, 3.8) is 0 Å². The minimum atomic E-state index is -0.518. The summed E-state index contributed by atoms with van der Waals surface area (Å²) in [4.78, 5) is 49.3. The summed E-state index contributed by atoms with van der Waals surface area (Å²) in [6.07, 6.45) is -0.0440. The molecule has 2 aromatic carbocycles. The highest BCUT2D eigenvalue weighted by Gasteiger charge is 2.35. The fraction of sp³-hybridized carbons (Fsp3) is 0.238. The number of carbonyl (C=O) groups is 4. The molecule has 29 heavy (non-hydrogen) atoms. The number of rotatable bonds is 7. The number of esters is 1. The third-order valence-corrected chi connectivity index (χ3v) is 4.39. The van der Waals surface area contributed by atoms with Crippen molar-refractivity contribution < 1.29 is 28.7 Å². The number of benzene rings is 2. The van der Waals surface area contributed by atoms with E-state index in [4.69, 9.17) is 4.74 Å². The molecule has 2 aromatic rings. The van der Waals surface area contributed by atoms with Crippen molar-refractivity contribution >= 4 is 29.4 Å². The molecular weight excluding hydrogens is 376 g/mol. The van der Waals surface area contributed by atoms with Crippen molar-refractivity contribution in [2.75, 3.05) is 25.6 Å². The van der Waals surface area contributed by atoms with Gasteiger partial charge in [-0.25, -0.2) is 4.79 Å². The first-order valence-electron chi connectivity index (χ1n) is 8.95. The smallest absolute Gasteiger partial charge is 0.343 e. The number of hydrogen-bond donors (Lipinski definition) is 1. The fourth-order valence-electron chi connectivity index (χ4n) is 2.91. The van der Waals surface area contributed by atoms with E-state index in [1.54, 1.807) is 42.5 Å². The molecule has 0 saturated heterocycles. The van der Waals surface area contributed by atoms with E-state index in [0.717, 1.165) is 10.5 Å². The molecule has 0 saturated carbocycles. The molecule has 3 amide bonds. The summed E-state index contributed by atoms with van der Waals surface area (Å²) in [7, 11) is 1.26. The number of fused-ring (bicyclic) bond motifs is 1. The Morgan fingerprint density at radius 1 is 1.03 bits per heavy atom. The van der Waals surface area contributed by atoms with Crippen LogP contribution in [0.25, 0.3) is 0 Å². The van der Waals surface area contributed by atoms with Gasteiger partial charge in [-0.05, 0) is 31.2 Å². The van der Waals surface area contributed by atoms with Crippen LogP contribution in [0.5, 0.6) is 5.75 Å². The number of carbonyl (C=O) groups excluding carboxylic acids is 4. The molecule has 0 aromatic heterocycles.